The maximum atomic E-state index is 10.2. The van der Waals surface area contributed by atoms with Crippen LogP contribution < -0.4 is 4.74 Å². The van der Waals surface area contributed by atoms with Crippen molar-refractivity contribution < 1.29 is 9.84 Å². The molecule has 0 bridgehead atoms. The number of hydrogen-bond acceptors (Lipinski definition) is 2. The average molecular weight is 206 g/mol. The summed E-state index contributed by atoms with van der Waals surface area (Å²) >= 11 is 0. The van der Waals surface area contributed by atoms with E-state index in [1.165, 1.54) is 0 Å². The lowest BCUT2D eigenvalue weighted by atomic mass is 10.0. The first-order valence-corrected chi connectivity index (χ1v) is 5.46. The highest BCUT2D eigenvalue weighted by Crippen LogP contribution is 2.48. The minimum Gasteiger partial charge on any atom is -0.496 e. The van der Waals surface area contributed by atoms with Crippen LogP contribution in [0, 0.1) is 18.8 Å². The highest BCUT2D eigenvalue weighted by molar-refractivity contribution is 5.39. The summed E-state index contributed by atoms with van der Waals surface area (Å²) in [4.78, 5) is 0. The number of aryl methyl sites for hydroxylation is 1. The van der Waals surface area contributed by atoms with Crippen LogP contribution in [0.5, 0.6) is 5.75 Å². The van der Waals surface area contributed by atoms with E-state index in [1.54, 1.807) is 7.11 Å². The van der Waals surface area contributed by atoms with Crippen LogP contribution in [-0.4, -0.2) is 12.2 Å². The molecule has 15 heavy (non-hydrogen) atoms. The molecule has 1 aliphatic carbocycles. The van der Waals surface area contributed by atoms with Gasteiger partial charge in [-0.3, -0.25) is 0 Å². The zero-order valence-electron chi connectivity index (χ0n) is 9.53. The quantitative estimate of drug-likeness (QED) is 0.824. The van der Waals surface area contributed by atoms with Gasteiger partial charge in [0.25, 0.3) is 0 Å². The minimum atomic E-state index is -0.366. The standard InChI is InChI=1S/C13H18O2/c1-8-4-5-12(15-3)11(6-8)13(14)10-7-9(10)2/h4-6,9-10,13-14H,7H2,1-3H3. The number of hydrogen-bond donors (Lipinski definition) is 1. The second-order valence-electron chi connectivity index (χ2n) is 4.57. The second-order valence-corrected chi connectivity index (χ2v) is 4.57. The Morgan fingerprint density at radius 2 is 2.13 bits per heavy atom. The molecular weight excluding hydrogens is 188 g/mol. The first kappa shape index (κ1) is 10.5. The molecule has 1 aromatic rings. The zero-order valence-corrected chi connectivity index (χ0v) is 9.53. The van der Waals surface area contributed by atoms with Gasteiger partial charge in [-0.25, -0.2) is 0 Å². The Bertz CT molecular complexity index is 360. The van der Waals surface area contributed by atoms with E-state index in [-0.39, 0.29) is 6.10 Å². The lowest BCUT2D eigenvalue weighted by Crippen LogP contribution is -2.04. The van der Waals surface area contributed by atoms with Crippen LogP contribution in [0.3, 0.4) is 0 Å². The summed E-state index contributed by atoms with van der Waals surface area (Å²) < 4.78 is 5.27. The van der Waals surface area contributed by atoms with Gasteiger partial charge in [0, 0.05) is 5.56 Å². The molecule has 2 nitrogen and oxygen atoms in total. The summed E-state index contributed by atoms with van der Waals surface area (Å²) in [6, 6.07) is 5.96. The van der Waals surface area contributed by atoms with Crippen molar-refractivity contribution in [3.8, 4) is 5.75 Å². The number of rotatable bonds is 3. The fourth-order valence-corrected chi connectivity index (χ4v) is 2.11. The average Bonchev–Trinajstić information content (AvgIpc) is 2.94. The molecule has 0 heterocycles. The Hall–Kier alpha value is -1.02. The van der Waals surface area contributed by atoms with Crippen molar-refractivity contribution in [3.05, 3.63) is 29.3 Å². The maximum Gasteiger partial charge on any atom is 0.124 e. The van der Waals surface area contributed by atoms with Gasteiger partial charge in [0.15, 0.2) is 0 Å². The highest BCUT2D eigenvalue weighted by Gasteiger charge is 2.40. The molecule has 0 aliphatic heterocycles. The van der Waals surface area contributed by atoms with E-state index < -0.39 is 0 Å². The summed E-state index contributed by atoms with van der Waals surface area (Å²) in [5.74, 6) is 1.86. The fraction of sp³-hybridized carbons (Fsp3) is 0.538. The smallest absolute Gasteiger partial charge is 0.124 e. The molecule has 0 radical (unpaired) electrons. The number of aliphatic hydroxyl groups is 1. The van der Waals surface area contributed by atoms with Gasteiger partial charge in [0.05, 0.1) is 13.2 Å². The van der Waals surface area contributed by atoms with Crippen molar-refractivity contribution in [1.29, 1.82) is 0 Å². The first-order valence-electron chi connectivity index (χ1n) is 5.46. The van der Waals surface area contributed by atoms with Crippen LogP contribution in [0.15, 0.2) is 18.2 Å². The van der Waals surface area contributed by atoms with Gasteiger partial charge in [-0.05, 0) is 37.3 Å². The molecule has 3 unspecified atom stereocenters. The lowest BCUT2D eigenvalue weighted by Gasteiger charge is -2.15. The third-order valence-electron chi connectivity index (χ3n) is 3.28. The molecule has 2 rings (SSSR count). The van der Waals surface area contributed by atoms with Gasteiger partial charge in [0.2, 0.25) is 0 Å². The van der Waals surface area contributed by atoms with Crippen LogP contribution >= 0.6 is 0 Å². The lowest BCUT2D eigenvalue weighted by molar-refractivity contribution is 0.144. The normalized spacial score (nSPS) is 26.1. The molecule has 0 aromatic heterocycles. The van der Waals surface area contributed by atoms with Crippen molar-refractivity contribution in [3.63, 3.8) is 0 Å². The molecule has 0 amide bonds. The Kier molecular flexibility index (Phi) is 2.70. The van der Waals surface area contributed by atoms with Crippen LogP contribution in [0.2, 0.25) is 0 Å². The van der Waals surface area contributed by atoms with Gasteiger partial charge in [-0.15, -0.1) is 0 Å². The fourth-order valence-electron chi connectivity index (χ4n) is 2.11. The van der Waals surface area contributed by atoms with Gasteiger partial charge >= 0.3 is 0 Å². The molecule has 0 spiro atoms. The summed E-state index contributed by atoms with van der Waals surface area (Å²) in [6.07, 6.45) is 0.757. The molecule has 1 fully saturated rings. The van der Waals surface area contributed by atoms with E-state index in [1.807, 2.05) is 25.1 Å². The molecule has 82 valence electrons. The van der Waals surface area contributed by atoms with Crippen molar-refractivity contribution in [2.24, 2.45) is 11.8 Å². The molecular formula is C13H18O2. The third-order valence-corrected chi connectivity index (χ3v) is 3.28. The predicted molar refractivity (Wildman–Crippen MR) is 60.0 cm³/mol. The van der Waals surface area contributed by atoms with Gasteiger partial charge < -0.3 is 9.84 Å². The van der Waals surface area contributed by atoms with Crippen LogP contribution in [-0.2, 0) is 0 Å². The van der Waals surface area contributed by atoms with E-state index in [0.717, 1.165) is 23.3 Å². The predicted octanol–water partition coefficient (Wildman–Crippen LogP) is 2.69. The van der Waals surface area contributed by atoms with Crippen LogP contribution in [0.1, 0.15) is 30.6 Å². The molecule has 1 aromatic carbocycles. The largest absolute Gasteiger partial charge is 0.496 e. The Balaban J connectivity index is 2.28. The molecule has 3 atom stereocenters. The summed E-state index contributed by atoms with van der Waals surface area (Å²) in [6.45, 7) is 4.21. The van der Waals surface area contributed by atoms with E-state index in [9.17, 15) is 5.11 Å². The highest BCUT2D eigenvalue weighted by atomic mass is 16.5. The number of benzene rings is 1. The van der Waals surface area contributed by atoms with Gasteiger partial charge in [-0.1, -0.05) is 18.6 Å². The molecule has 1 aliphatic rings. The van der Waals surface area contributed by atoms with Crippen LogP contribution in [0.25, 0.3) is 0 Å². The third kappa shape index (κ3) is 2.00. The second kappa shape index (κ2) is 3.86. The number of aliphatic hydroxyl groups excluding tert-OH is 1. The Labute approximate surface area is 90.9 Å². The SMILES string of the molecule is COc1ccc(C)cc1C(O)C1CC1C. The topological polar surface area (TPSA) is 29.5 Å². The van der Waals surface area contributed by atoms with Crippen molar-refractivity contribution in [1.82, 2.24) is 0 Å². The van der Waals surface area contributed by atoms with Crippen molar-refractivity contribution >= 4 is 0 Å². The first-order chi connectivity index (χ1) is 7.13. The number of ether oxygens (including phenoxy) is 1. The van der Waals surface area contributed by atoms with Gasteiger partial charge in [-0.2, -0.15) is 0 Å². The van der Waals surface area contributed by atoms with Crippen molar-refractivity contribution in [2.75, 3.05) is 7.11 Å². The number of methoxy groups -OCH3 is 1. The maximum absolute atomic E-state index is 10.2. The summed E-state index contributed by atoms with van der Waals surface area (Å²) in [5.41, 5.74) is 2.10. The van der Waals surface area contributed by atoms with E-state index >= 15 is 0 Å². The molecule has 0 saturated heterocycles. The van der Waals surface area contributed by atoms with Crippen LogP contribution in [0.4, 0.5) is 0 Å². The van der Waals surface area contributed by atoms with E-state index in [4.69, 9.17) is 4.74 Å². The Morgan fingerprint density at radius 3 is 2.67 bits per heavy atom. The Morgan fingerprint density at radius 1 is 1.47 bits per heavy atom. The summed E-state index contributed by atoms with van der Waals surface area (Å²) in [7, 11) is 1.65. The molecule has 1 N–H and O–H groups in total. The zero-order chi connectivity index (χ0) is 11.0. The molecule has 2 heteroatoms. The monoisotopic (exact) mass is 206 g/mol. The van der Waals surface area contributed by atoms with Gasteiger partial charge in [0.1, 0.15) is 5.75 Å². The minimum absolute atomic E-state index is 0.366. The van der Waals surface area contributed by atoms with Crippen molar-refractivity contribution in [2.45, 2.75) is 26.4 Å². The van der Waals surface area contributed by atoms with E-state index in [0.29, 0.717) is 11.8 Å². The summed E-state index contributed by atoms with van der Waals surface area (Å²) in [5, 5.41) is 10.2. The van der Waals surface area contributed by atoms with E-state index in [2.05, 4.69) is 6.92 Å². The molecule has 1 saturated carbocycles.